The molecule has 4 nitrogen and oxygen atoms in total. The molecule has 0 bridgehead atoms. The van der Waals surface area contributed by atoms with Crippen LogP contribution in [-0.2, 0) is 19.1 Å². The van der Waals surface area contributed by atoms with E-state index >= 15 is 0 Å². The van der Waals surface area contributed by atoms with Gasteiger partial charge in [-0.05, 0) is 38.5 Å². The minimum Gasteiger partial charge on any atom is -0.465 e. The van der Waals surface area contributed by atoms with Gasteiger partial charge in [0.25, 0.3) is 0 Å². The summed E-state index contributed by atoms with van der Waals surface area (Å²) in [7, 11) is 0. The predicted octanol–water partition coefficient (Wildman–Crippen LogP) is 4.12. The van der Waals surface area contributed by atoms with Gasteiger partial charge in [-0.1, -0.05) is 46.0 Å². The van der Waals surface area contributed by atoms with Crippen LogP contribution >= 0.6 is 0 Å². The summed E-state index contributed by atoms with van der Waals surface area (Å²) >= 11 is 0. The molecule has 0 aromatic rings. The van der Waals surface area contributed by atoms with E-state index in [1.807, 2.05) is 0 Å². The molecular weight excluding hydrogens is 280 g/mol. The van der Waals surface area contributed by atoms with Crippen LogP contribution in [0.15, 0.2) is 0 Å². The quantitative estimate of drug-likeness (QED) is 0.425. The Kier molecular flexibility index (Phi) is 7.91. The highest BCUT2D eigenvalue weighted by atomic mass is 16.6. The number of unbranched alkanes of at least 4 members (excludes halogenated alkanes) is 2. The van der Waals surface area contributed by atoms with E-state index in [9.17, 15) is 9.59 Å². The van der Waals surface area contributed by atoms with Crippen molar-refractivity contribution in [1.29, 1.82) is 0 Å². The van der Waals surface area contributed by atoms with Gasteiger partial charge in [-0.2, -0.15) is 0 Å². The summed E-state index contributed by atoms with van der Waals surface area (Å²) < 4.78 is 10.6. The zero-order valence-electron chi connectivity index (χ0n) is 14.7. The summed E-state index contributed by atoms with van der Waals surface area (Å²) in [5, 5.41) is 0. The van der Waals surface area contributed by atoms with Crippen LogP contribution in [0.3, 0.4) is 0 Å². The normalized spacial score (nSPS) is 20.5. The molecule has 1 aliphatic carbocycles. The minimum atomic E-state index is -1.07. The largest absolute Gasteiger partial charge is 0.465 e. The zero-order chi connectivity index (χ0) is 16.6. The molecule has 0 aromatic heterocycles. The van der Waals surface area contributed by atoms with E-state index < -0.39 is 5.41 Å². The first-order valence-electron chi connectivity index (χ1n) is 8.92. The third kappa shape index (κ3) is 4.23. The molecule has 1 fully saturated rings. The van der Waals surface area contributed by atoms with Crippen molar-refractivity contribution in [2.75, 3.05) is 13.2 Å². The molecule has 22 heavy (non-hydrogen) atoms. The first kappa shape index (κ1) is 19.0. The van der Waals surface area contributed by atoms with E-state index in [0.717, 1.165) is 38.5 Å². The number of hydrogen-bond donors (Lipinski definition) is 0. The van der Waals surface area contributed by atoms with Crippen molar-refractivity contribution in [1.82, 2.24) is 0 Å². The van der Waals surface area contributed by atoms with Crippen molar-refractivity contribution < 1.29 is 19.1 Å². The van der Waals surface area contributed by atoms with E-state index in [-0.39, 0.29) is 17.9 Å². The molecule has 1 rings (SSSR count). The molecule has 0 N–H and O–H groups in total. The van der Waals surface area contributed by atoms with Crippen molar-refractivity contribution in [3.8, 4) is 0 Å². The third-order valence-electron chi connectivity index (χ3n) is 4.69. The highest BCUT2D eigenvalue weighted by Crippen LogP contribution is 2.56. The van der Waals surface area contributed by atoms with Gasteiger partial charge in [-0.25, -0.2) is 0 Å². The van der Waals surface area contributed by atoms with Crippen molar-refractivity contribution in [2.45, 2.75) is 72.6 Å². The second kappa shape index (κ2) is 9.16. The lowest BCUT2D eigenvalue weighted by Crippen LogP contribution is -2.44. The molecule has 1 saturated carbocycles. The number of hydrogen-bond acceptors (Lipinski definition) is 4. The zero-order valence-corrected chi connectivity index (χ0v) is 14.7. The second-order valence-electron chi connectivity index (χ2n) is 6.26. The number of carbonyl (C=O) groups is 2. The maximum atomic E-state index is 12.7. The van der Waals surface area contributed by atoms with Gasteiger partial charge in [0, 0.05) is 0 Å². The van der Waals surface area contributed by atoms with Gasteiger partial charge in [-0.3, -0.25) is 9.59 Å². The first-order valence-corrected chi connectivity index (χ1v) is 8.92. The number of carbonyl (C=O) groups excluding carboxylic acids is 2. The summed E-state index contributed by atoms with van der Waals surface area (Å²) in [6.07, 6.45) is 6.67. The fourth-order valence-corrected chi connectivity index (χ4v) is 3.39. The standard InChI is InChI=1S/C18H32O4/c1-5-9-11-14-13-15(14)18(12-10-6-2,16(19)21-7-3)17(20)22-8-4/h14-15H,5-13H2,1-4H3. The fraction of sp³-hybridized carbons (Fsp3) is 0.889. The molecule has 0 aromatic carbocycles. The van der Waals surface area contributed by atoms with Crippen LogP contribution in [0.5, 0.6) is 0 Å². The second-order valence-corrected chi connectivity index (χ2v) is 6.26. The molecule has 0 spiro atoms. The van der Waals surface area contributed by atoms with Gasteiger partial charge in [0.1, 0.15) is 0 Å². The Labute approximate surface area is 134 Å². The predicted molar refractivity (Wildman–Crippen MR) is 86.3 cm³/mol. The van der Waals surface area contributed by atoms with E-state index in [4.69, 9.17) is 9.47 Å². The Morgan fingerprint density at radius 1 is 0.955 bits per heavy atom. The lowest BCUT2D eigenvalue weighted by molar-refractivity contribution is -0.175. The minimum absolute atomic E-state index is 0.101. The monoisotopic (exact) mass is 312 g/mol. The Morgan fingerprint density at radius 3 is 1.95 bits per heavy atom. The van der Waals surface area contributed by atoms with Crippen LogP contribution in [-0.4, -0.2) is 25.2 Å². The van der Waals surface area contributed by atoms with Gasteiger partial charge in [0.15, 0.2) is 5.41 Å². The van der Waals surface area contributed by atoms with E-state index in [2.05, 4.69) is 13.8 Å². The Hall–Kier alpha value is -1.06. The molecule has 4 heteroatoms. The first-order chi connectivity index (χ1) is 10.6. The number of ether oxygens (including phenoxy) is 2. The van der Waals surface area contributed by atoms with E-state index in [1.54, 1.807) is 13.8 Å². The lowest BCUT2D eigenvalue weighted by Gasteiger charge is -2.30. The average Bonchev–Trinajstić information content (AvgIpc) is 3.26. The van der Waals surface area contributed by atoms with Crippen molar-refractivity contribution >= 4 is 11.9 Å². The summed E-state index contributed by atoms with van der Waals surface area (Å²) in [4.78, 5) is 25.3. The summed E-state index contributed by atoms with van der Waals surface area (Å²) in [5.41, 5.74) is -1.07. The molecule has 0 heterocycles. The molecule has 1 aliphatic rings. The average molecular weight is 312 g/mol. The summed E-state index contributed by atoms with van der Waals surface area (Å²) in [5.74, 6) is -0.175. The van der Waals surface area contributed by atoms with E-state index in [0.29, 0.717) is 25.6 Å². The van der Waals surface area contributed by atoms with Gasteiger partial charge in [-0.15, -0.1) is 0 Å². The SMILES string of the molecule is CCCCC1CC1C(CCCC)(C(=O)OCC)C(=O)OCC. The Balaban J connectivity index is 2.98. The molecule has 2 unspecified atom stereocenters. The van der Waals surface area contributed by atoms with Crippen molar-refractivity contribution in [2.24, 2.45) is 17.3 Å². The topological polar surface area (TPSA) is 52.6 Å². The highest BCUT2D eigenvalue weighted by molar-refractivity contribution is 6.01. The fourth-order valence-electron chi connectivity index (χ4n) is 3.39. The molecule has 0 aliphatic heterocycles. The third-order valence-corrected chi connectivity index (χ3v) is 4.69. The Bertz CT molecular complexity index is 346. The Morgan fingerprint density at radius 2 is 1.50 bits per heavy atom. The lowest BCUT2D eigenvalue weighted by atomic mass is 9.76. The van der Waals surface area contributed by atoms with Crippen LogP contribution in [0, 0.1) is 17.3 Å². The molecule has 0 saturated heterocycles. The van der Waals surface area contributed by atoms with Crippen LogP contribution in [0.4, 0.5) is 0 Å². The van der Waals surface area contributed by atoms with Crippen LogP contribution in [0.2, 0.25) is 0 Å². The van der Waals surface area contributed by atoms with Crippen molar-refractivity contribution in [3.05, 3.63) is 0 Å². The summed E-state index contributed by atoms with van der Waals surface area (Å²) in [6, 6.07) is 0. The van der Waals surface area contributed by atoms with Crippen molar-refractivity contribution in [3.63, 3.8) is 0 Å². The van der Waals surface area contributed by atoms with Crippen LogP contribution in [0.1, 0.15) is 72.6 Å². The molecule has 2 atom stereocenters. The molecular formula is C18H32O4. The van der Waals surface area contributed by atoms with Gasteiger partial charge < -0.3 is 9.47 Å². The van der Waals surface area contributed by atoms with Gasteiger partial charge in [0.2, 0.25) is 0 Å². The van der Waals surface area contributed by atoms with Crippen LogP contribution in [0.25, 0.3) is 0 Å². The maximum absolute atomic E-state index is 12.7. The summed E-state index contributed by atoms with van der Waals surface area (Å²) in [6.45, 7) is 8.42. The molecule has 128 valence electrons. The smallest absolute Gasteiger partial charge is 0.323 e. The van der Waals surface area contributed by atoms with E-state index in [1.165, 1.54) is 0 Å². The van der Waals surface area contributed by atoms with Crippen LogP contribution < -0.4 is 0 Å². The number of esters is 2. The number of rotatable bonds is 11. The molecule has 0 amide bonds. The van der Waals surface area contributed by atoms with Gasteiger partial charge >= 0.3 is 11.9 Å². The van der Waals surface area contributed by atoms with Gasteiger partial charge in [0.05, 0.1) is 13.2 Å². The highest BCUT2D eigenvalue weighted by Gasteiger charge is 2.62. The molecule has 0 radical (unpaired) electrons. The maximum Gasteiger partial charge on any atom is 0.323 e.